The maximum absolute atomic E-state index is 14.1. The van der Waals surface area contributed by atoms with E-state index in [1.165, 1.54) is 0 Å². The van der Waals surface area contributed by atoms with Gasteiger partial charge in [0.2, 0.25) is 0 Å². The molecule has 11 nitrogen and oxygen atoms in total. The Balaban J connectivity index is 1.81. The molecule has 49 heavy (non-hydrogen) atoms. The van der Waals surface area contributed by atoms with Gasteiger partial charge in [0.25, 0.3) is 0 Å². The van der Waals surface area contributed by atoms with Gasteiger partial charge in [0, 0.05) is 50.2 Å². The predicted molar refractivity (Wildman–Crippen MR) is 185 cm³/mol. The van der Waals surface area contributed by atoms with Gasteiger partial charge in [0.15, 0.2) is 12.6 Å². The quantitative estimate of drug-likeness (QED) is 0.326. The lowest BCUT2D eigenvalue weighted by molar-refractivity contribution is -0.309. The van der Waals surface area contributed by atoms with Crippen molar-refractivity contribution in [2.45, 2.75) is 181 Å². The Morgan fingerprint density at radius 3 is 2.20 bits per heavy atom. The van der Waals surface area contributed by atoms with Crippen LogP contribution in [0.5, 0.6) is 0 Å². The highest BCUT2D eigenvalue weighted by Crippen LogP contribution is 2.47. The van der Waals surface area contributed by atoms with Gasteiger partial charge in [-0.05, 0) is 73.5 Å². The minimum Gasteiger partial charge on any atom is -0.489 e. The molecule has 3 saturated heterocycles. The molecule has 4 aliphatic rings. The second kappa shape index (κ2) is 16.1. The van der Waals surface area contributed by atoms with E-state index in [0.717, 1.165) is 17.9 Å². The van der Waals surface area contributed by atoms with E-state index in [4.69, 9.17) is 33.2 Å². The van der Waals surface area contributed by atoms with Crippen LogP contribution in [0.3, 0.4) is 0 Å². The van der Waals surface area contributed by atoms with Crippen molar-refractivity contribution in [2.24, 2.45) is 23.7 Å². The van der Waals surface area contributed by atoms with E-state index < -0.39 is 72.1 Å². The van der Waals surface area contributed by atoms with Crippen molar-refractivity contribution in [3.8, 4) is 0 Å². The van der Waals surface area contributed by atoms with Gasteiger partial charge in [-0.15, -0.1) is 0 Å². The lowest BCUT2D eigenvalue weighted by Crippen LogP contribution is -2.59. The standard InChI is InChI=1S/C38H67NO10/c1-14-28-23(6)30(40)24(7)32-20(3)17-38(11,49-32)34(48-36-31(41)27(39(12)15-2)16-21(4)45-36)25(8)33(26(9)35(42)46-28)47-29-19-37(10,43-13)18-22(5)44-29/h21-31,33-34,36,40-41H,14-19H2,1-13H3/t21?,22-,23-,24+,25?,26?,27?,28?,29?,30?,31?,33?,34?,36?,37-,38+/m0/s1. The number of likely N-dealkylation sites (N-methyl/N-ethyl adjacent to an activating group) is 1. The summed E-state index contributed by atoms with van der Waals surface area (Å²) < 4.78 is 45.6. The number of carbonyl (C=O) groups is 1. The molecular formula is C38H67NO10. The van der Waals surface area contributed by atoms with Crippen LogP contribution in [0.1, 0.15) is 108 Å². The molecule has 0 saturated carbocycles. The summed E-state index contributed by atoms with van der Waals surface area (Å²) in [7, 11) is 3.70. The third kappa shape index (κ3) is 8.67. The van der Waals surface area contributed by atoms with Gasteiger partial charge in [-0.3, -0.25) is 4.79 Å². The summed E-state index contributed by atoms with van der Waals surface area (Å²) in [5.74, 6) is -1.60. The number of hydrogen-bond donors (Lipinski definition) is 2. The number of hydrogen-bond acceptors (Lipinski definition) is 11. The van der Waals surface area contributed by atoms with E-state index in [0.29, 0.717) is 32.1 Å². The maximum atomic E-state index is 14.1. The third-order valence-corrected chi connectivity index (χ3v) is 12.0. The number of fused-ring (bicyclic) bond motifs is 2. The summed E-state index contributed by atoms with van der Waals surface area (Å²) in [5, 5.41) is 23.3. The second-order valence-electron chi connectivity index (χ2n) is 16.2. The molecule has 0 spiro atoms. The molecule has 4 heterocycles. The van der Waals surface area contributed by atoms with Crippen LogP contribution in [-0.2, 0) is 38.0 Å². The SMILES string of the molecule is CCC1OC(=O)C(C)C(OC2C[C@@](C)(OC)C[C@H](C)O2)C(C)C(OC2OC(C)CC(N(C)CC)C2O)[C@@]2(C)CC(C)=C(O2)[C@H](C)C(O)[C@H]1C. The van der Waals surface area contributed by atoms with Crippen LogP contribution in [0, 0.1) is 23.7 Å². The van der Waals surface area contributed by atoms with E-state index in [2.05, 4.69) is 18.7 Å². The molecule has 4 rings (SSSR count). The molecule has 2 N–H and O–H groups in total. The first kappa shape index (κ1) is 40.5. The normalized spacial score (nSPS) is 47.2. The Morgan fingerprint density at radius 1 is 0.918 bits per heavy atom. The highest BCUT2D eigenvalue weighted by molar-refractivity contribution is 5.73. The van der Waals surface area contributed by atoms with E-state index in [1.54, 1.807) is 7.11 Å². The Morgan fingerprint density at radius 2 is 1.59 bits per heavy atom. The molecule has 0 aromatic carbocycles. The summed E-state index contributed by atoms with van der Waals surface area (Å²) in [6.45, 7) is 22.6. The van der Waals surface area contributed by atoms with Crippen molar-refractivity contribution in [1.29, 1.82) is 0 Å². The first-order chi connectivity index (χ1) is 22.9. The van der Waals surface area contributed by atoms with Crippen LogP contribution in [0.4, 0.5) is 0 Å². The maximum Gasteiger partial charge on any atom is 0.311 e. The van der Waals surface area contributed by atoms with Crippen LogP contribution in [0.2, 0.25) is 0 Å². The van der Waals surface area contributed by atoms with Crippen LogP contribution < -0.4 is 0 Å². The number of nitrogens with zero attached hydrogens (tertiary/aromatic N) is 1. The molecule has 0 aliphatic carbocycles. The van der Waals surface area contributed by atoms with Crippen molar-refractivity contribution in [3.05, 3.63) is 11.3 Å². The highest BCUT2D eigenvalue weighted by atomic mass is 16.7. The zero-order chi connectivity index (χ0) is 36.6. The molecule has 3 fully saturated rings. The van der Waals surface area contributed by atoms with Crippen LogP contribution in [0.25, 0.3) is 0 Å². The molecule has 0 aromatic heterocycles. The van der Waals surface area contributed by atoms with E-state index in [9.17, 15) is 15.0 Å². The summed E-state index contributed by atoms with van der Waals surface area (Å²) in [5.41, 5.74) is -0.370. The smallest absolute Gasteiger partial charge is 0.311 e. The van der Waals surface area contributed by atoms with E-state index >= 15 is 0 Å². The van der Waals surface area contributed by atoms with Gasteiger partial charge < -0.3 is 48.3 Å². The molecule has 16 atom stereocenters. The van der Waals surface area contributed by atoms with Gasteiger partial charge in [-0.25, -0.2) is 0 Å². The Hall–Kier alpha value is -1.31. The minimum absolute atomic E-state index is 0.124. The van der Waals surface area contributed by atoms with Gasteiger partial charge >= 0.3 is 5.97 Å². The number of carbonyl (C=O) groups excluding carboxylic acids is 1. The summed E-state index contributed by atoms with van der Waals surface area (Å²) in [4.78, 5) is 16.2. The minimum atomic E-state index is -0.950. The van der Waals surface area contributed by atoms with Gasteiger partial charge in [0.05, 0.1) is 35.9 Å². The highest BCUT2D eigenvalue weighted by Gasteiger charge is 2.54. The van der Waals surface area contributed by atoms with Crippen LogP contribution in [0.15, 0.2) is 11.3 Å². The molecule has 284 valence electrons. The largest absolute Gasteiger partial charge is 0.489 e. The number of aliphatic hydroxyl groups excluding tert-OH is 2. The fraction of sp³-hybridized carbons (Fsp3) is 0.921. The monoisotopic (exact) mass is 697 g/mol. The predicted octanol–water partition coefficient (Wildman–Crippen LogP) is 5.20. The number of aliphatic hydroxyl groups is 2. The molecule has 0 amide bonds. The van der Waals surface area contributed by atoms with E-state index in [1.807, 2.05) is 69.4 Å². The number of cyclic esters (lactones) is 1. The second-order valence-corrected chi connectivity index (χ2v) is 16.2. The van der Waals surface area contributed by atoms with Crippen molar-refractivity contribution in [2.75, 3.05) is 20.7 Å². The average molecular weight is 698 g/mol. The number of ether oxygens (including phenoxy) is 7. The first-order valence-electron chi connectivity index (χ1n) is 18.7. The fourth-order valence-electron chi connectivity index (χ4n) is 8.88. The average Bonchev–Trinajstić information content (AvgIpc) is 3.37. The summed E-state index contributed by atoms with van der Waals surface area (Å²) >= 11 is 0. The lowest BCUT2D eigenvalue weighted by atomic mass is 9.79. The Kier molecular flexibility index (Phi) is 13.3. The summed E-state index contributed by atoms with van der Waals surface area (Å²) in [6.07, 6.45) is -2.63. The van der Waals surface area contributed by atoms with Crippen LogP contribution >= 0.6 is 0 Å². The molecule has 4 aliphatic heterocycles. The van der Waals surface area contributed by atoms with Gasteiger partial charge in [0.1, 0.15) is 29.7 Å². The number of methoxy groups -OCH3 is 1. The third-order valence-electron chi connectivity index (χ3n) is 12.0. The van der Waals surface area contributed by atoms with Crippen molar-refractivity contribution in [3.63, 3.8) is 0 Å². The van der Waals surface area contributed by atoms with Crippen LogP contribution in [-0.4, -0.2) is 114 Å². The number of rotatable bonds is 8. The Labute approximate surface area is 295 Å². The molecule has 0 radical (unpaired) electrons. The molecular weight excluding hydrogens is 630 g/mol. The van der Waals surface area contributed by atoms with Crippen molar-refractivity contribution in [1.82, 2.24) is 4.90 Å². The molecule has 2 bridgehead atoms. The van der Waals surface area contributed by atoms with Crippen molar-refractivity contribution >= 4 is 5.97 Å². The lowest BCUT2D eigenvalue weighted by Gasteiger charge is -2.48. The van der Waals surface area contributed by atoms with E-state index in [-0.39, 0.29) is 30.1 Å². The fourth-order valence-corrected chi connectivity index (χ4v) is 8.88. The summed E-state index contributed by atoms with van der Waals surface area (Å²) in [6, 6.07) is -0.163. The number of esters is 1. The van der Waals surface area contributed by atoms with Gasteiger partial charge in [-0.2, -0.15) is 0 Å². The first-order valence-corrected chi connectivity index (χ1v) is 18.7. The Bertz CT molecular complexity index is 1150. The van der Waals surface area contributed by atoms with Crippen molar-refractivity contribution < 1.29 is 48.2 Å². The molecule has 11 unspecified atom stereocenters. The molecule has 0 aromatic rings. The molecule has 11 heteroatoms. The van der Waals surface area contributed by atoms with Gasteiger partial charge in [-0.1, -0.05) is 34.6 Å². The zero-order valence-electron chi connectivity index (χ0n) is 32.4. The zero-order valence-corrected chi connectivity index (χ0v) is 32.4. The topological polar surface area (TPSA) is 125 Å².